The maximum absolute atomic E-state index is 12.3. The van der Waals surface area contributed by atoms with E-state index >= 15 is 0 Å². The summed E-state index contributed by atoms with van der Waals surface area (Å²) in [4.78, 5) is 23.4. The summed E-state index contributed by atoms with van der Waals surface area (Å²) < 4.78 is 0. The molecule has 3 aromatic rings. The Morgan fingerprint density at radius 3 is 2.90 bits per heavy atom. The van der Waals surface area contributed by atoms with Crippen LogP contribution >= 0.6 is 11.6 Å². The van der Waals surface area contributed by atoms with Crippen LogP contribution in [0.4, 0.5) is 11.6 Å². The maximum atomic E-state index is 12.3. The number of rotatable bonds is 2. The van der Waals surface area contributed by atoms with E-state index in [0.29, 0.717) is 16.9 Å². The minimum atomic E-state index is -0.312. The number of H-pyrrole nitrogens is 1. The maximum Gasteiger partial charge on any atom is 0.260 e. The number of halogens is 1. The molecule has 2 heterocycles. The highest BCUT2D eigenvalue weighted by atomic mass is 35.5. The average molecular weight is 302 g/mol. The molecule has 21 heavy (non-hydrogen) atoms. The van der Waals surface area contributed by atoms with Crippen molar-refractivity contribution >= 4 is 40.0 Å². The van der Waals surface area contributed by atoms with Crippen LogP contribution in [0.3, 0.4) is 0 Å². The summed E-state index contributed by atoms with van der Waals surface area (Å²) in [5.74, 6) is -0.137. The number of benzene rings is 1. The SMILES string of the molecule is Cc1cc(Cl)nc(NC(=O)c2c[nH]c3cc(N)ccc23)n1. The first-order chi connectivity index (χ1) is 10.0. The first kappa shape index (κ1) is 13.4. The quantitative estimate of drug-likeness (QED) is 0.501. The molecule has 0 aliphatic carbocycles. The lowest BCUT2D eigenvalue weighted by Crippen LogP contribution is -2.14. The van der Waals surface area contributed by atoms with Gasteiger partial charge in [0.1, 0.15) is 5.15 Å². The van der Waals surface area contributed by atoms with Gasteiger partial charge in [-0.05, 0) is 31.2 Å². The van der Waals surface area contributed by atoms with E-state index < -0.39 is 0 Å². The second kappa shape index (κ2) is 5.06. The van der Waals surface area contributed by atoms with Gasteiger partial charge in [0.05, 0.1) is 5.56 Å². The van der Waals surface area contributed by atoms with Gasteiger partial charge >= 0.3 is 0 Å². The predicted molar refractivity (Wildman–Crippen MR) is 82.4 cm³/mol. The van der Waals surface area contributed by atoms with Gasteiger partial charge in [0, 0.05) is 28.5 Å². The van der Waals surface area contributed by atoms with Crippen LogP contribution in [0.25, 0.3) is 10.9 Å². The lowest BCUT2D eigenvalue weighted by molar-refractivity contribution is 0.102. The predicted octanol–water partition coefficient (Wildman–Crippen LogP) is 2.75. The van der Waals surface area contributed by atoms with Crippen molar-refractivity contribution in [1.29, 1.82) is 0 Å². The smallest absolute Gasteiger partial charge is 0.260 e. The van der Waals surface area contributed by atoms with Gasteiger partial charge in [-0.2, -0.15) is 0 Å². The monoisotopic (exact) mass is 301 g/mol. The van der Waals surface area contributed by atoms with Gasteiger partial charge in [-0.25, -0.2) is 9.97 Å². The molecule has 106 valence electrons. The summed E-state index contributed by atoms with van der Waals surface area (Å²) in [6, 6.07) is 6.92. The molecular formula is C14H12ClN5O. The molecule has 6 nitrogen and oxygen atoms in total. The summed E-state index contributed by atoms with van der Waals surface area (Å²) in [5.41, 5.74) is 8.31. The van der Waals surface area contributed by atoms with Crippen LogP contribution in [0.1, 0.15) is 16.1 Å². The van der Waals surface area contributed by atoms with Crippen molar-refractivity contribution in [2.75, 3.05) is 11.1 Å². The number of nitrogen functional groups attached to an aromatic ring is 1. The Bertz CT molecular complexity index is 822. The van der Waals surface area contributed by atoms with Crippen LogP contribution in [0.15, 0.2) is 30.5 Å². The fraction of sp³-hybridized carbons (Fsp3) is 0.0714. The topological polar surface area (TPSA) is 96.7 Å². The molecule has 7 heteroatoms. The molecule has 0 atom stereocenters. The molecule has 0 radical (unpaired) electrons. The van der Waals surface area contributed by atoms with E-state index in [-0.39, 0.29) is 17.0 Å². The Morgan fingerprint density at radius 1 is 1.33 bits per heavy atom. The molecule has 0 fully saturated rings. The standard InChI is InChI=1S/C14H12ClN5O/c1-7-4-12(15)19-14(18-7)20-13(21)10-6-17-11-5-8(16)2-3-9(10)11/h2-6,17H,16H2,1H3,(H,18,19,20,21). The number of nitrogens with two attached hydrogens (primary N) is 1. The largest absolute Gasteiger partial charge is 0.399 e. The number of nitrogens with zero attached hydrogens (tertiary/aromatic N) is 2. The van der Waals surface area contributed by atoms with E-state index in [4.69, 9.17) is 17.3 Å². The van der Waals surface area contributed by atoms with Crippen molar-refractivity contribution in [1.82, 2.24) is 15.0 Å². The van der Waals surface area contributed by atoms with Crippen molar-refractivity contribution in [3.05, 3.63) is 46.9 Å². The number of anilines is 2. The zero-order chi connectivity index (χ0) is 15.0. The molecule has 2 aromatic heterocycles. The summed E-state index contributed by atoms with van der Waals surface area (Å²) in [6.07, 6.45) is 1.62. The molecule has 1 amide bonds. The fourth-order valence-corrected chi connectivity index (χ4v) is 2.32. The first-order valence-electron chi connectivity index (χ1n) is 6.22. The number of amides is 1. The highest BCUT2D eigenvalue weighted by molar-refractivity contribution is 6.29. The van der Waals surface area contributed by atoms with E-state index in [1.165, 1.54) is 0 Å². The second-order valence-corrected chi connectivity index (χ2v) is 5.00. The van der Waals surface area contributed by atoms with Crippen LogP contribution < -0.4 is 11.1 Å². The van der Waals surface area contributed by atoms with Gasteiger partial charge in [0.2, 0.25) is 5.95 Å². The molecule has 0 aliphatic rings. The van der Waals surface area contributed by atoms with E-state index in [0.717, 1.165) is 10.9 Å². The highest BCUT2D eigenvalue weighted by Crippen LogP contribution is 2.21. The van der Waals surface area contributed by atoms with Gasteiger partial charge in [0.25, 0.3) is 5.91 Å². The molecule has 0 bridgehead atoms. The van der Waals surface area contributed by atoms with Crippen molar-refractivity contribution < 1.29 is 4.79 Å². The Hall–Kier alpha value is -2.60. The Balaban J connectivity index is 1.93. The molecule has 3 rings (SSSR count). The van der Waals surface area contributed by atoms with Crippen molar-refractivity contribution in [2.24, 2.45) is 0 Å². The zero-order valence-corrected chi connectivity index (χ0v) is 11.9. The number of carbonyl (C=O) groups excluding carboxylic acids is 1. The summed E-state index contributed by atoms with van der Waals surface area (Å²) in [5, 5.41) is 3.70. The highest BCUT2D eigenvalue weighted by Gasteiger charge is 2.14. The number of fused-ring (bicyclic) bond motifs is 1. The minimum absolute atomic E-state index is 0.176. The van der Waals surface area contributed by atoms with Gasteiger partial charge in [-0.1, -0.05) is 11.6 Å². The van der Waals surface area contributed by atoms with Gasteiger partial charge < -0.3 is 10.7 Å². The number of hydrogen-bond acceptors (Lipinski definition) is 4. The van der Waals surface area contributed by atoms with Gasteiger partial charge in [-0.15, -0.1) is 0 Å². The van der Waals surface area contributed by atoms with Crippen molar-refractivity contribution in [2.45, 2.75) is 6.92 Å². The van der Waals surface area contributed by atoms with E-state index in [2.05, 4.69) is 20.3 Å². The van der Waals surface area contributed by atoms with Gasteiger partial charge in [-0.3, -0.25) is 10.1 Å². The van der Waals surface area contributed by atoms with Crippen LogP contribution in [-0.2, 0) is 0 Å². The third-order valence-electron chi connectivity index (χ3n) is 3.00. The third-order valence-corrected chi connectivity index (χ3v) is 3.19. The van der Waals surface area contributed by atoms with Crippen LogP contribution in [-0.4, -0.2) is 20.9 Å². The minimum Gasteiger partial charge on any atom is -0.399 e. The third kappa shape index (κ3) is 2.66. The van der Waals surface area contributed by atoms with Crippen LogP contribution in [0, 0.1) is 6.92 Å². The second-order valence-electron chi connectivity index (χ2n) is 4.62. The number of aryl methyl sites for hydroxylation is 1. The lowest BCUT2D eigenvalue weighted by Gasteiger charge is -2.04. The number of aromatic amines is 1. The van der Waals surface area contributed by atoms with E-state index in [1.54, 1.807) is 37.4 Å². The Morgan fingerprint density at radius 2 is 2.14 bits per heavy atom. The number of hydrogen-bond donors (Lipinski definition) is 3. The van der Waals surface area contributed by atoms with Crippen molar-refractivity contribution in [3.63, 3.8) is 0 Å². The molecule has 0 saturated heterocycles. The summed E-state index contributed by atoms with van der Waals surface area (Å²) in [7, 11) is 0. The number of aromatic nitrogens is 3. The molecule has 0 spiro atoms. The molecule has 0 aliphatic heterocycles. The average Bonchev–Trinajstić information content (AvgIpc) is 2.80. The Labute approximate surface area is 125 Å². The fourth-order valence-electron chi connectivity index (χ4n) is 2.09. The summed E-state index contributed by atoms with van der Waals surface area (Å²) in [6.45, 7) is 1.78. The zero-order valence-electron chi connectivity index (χ0n) is 11.1. The number of nitrogens with one attached hydrogen (secondary N) is 2. The normalized spacial score (nSPS) is 10.8. The van der Waals surface area contributed by atoms with Crippen molar-refractivity contribution in [3.8, 4) is 0 Å². The number of carbonyl (C=O) groups is 1. The van der Waals surface area contributed by atoms with Gasteiger partial charge in [0.15, 0.2) is 0 Å². The van der Waals surface area contributed by atoms with E-state index in [9.17, 15) is 4.79 Å². The van der Waals surface area contributed by atoms with E-state index in [1.807, 2.05) is 0 Å². The lowest BCUT2D eigenvalue weighted by atomic mass is 10.1. The molecule has 0 unspecified atom stereocenters. The van der Waals surface area contributed by atoms with Crippen LogP contribution in [0.2, 0.25) is 5.15 Å². The molecule has 1 aromatic carbocycles. The summed E-state index contributed by atoms with van der Waals surface area (Å²) >= 11 is 5.85. The first-order valence-corrected chi connectivity index (χ1v) is 6.60. The molecule has 0 saturated carbocycles. The molecule has 4 N–H and O–H groups in total. The van der Waals surface area contributed by atoms with Crippen LogP contribution in [0.5, 0.6) is 0 Å². The Kier molecular flexibility index (Phi) is 3.23. The molecular weight excluding hydrogens is 290 g/mol.